The fourth-order valence-electron chi connectivity index (χ4n) is 1.97. The Bertz CT molecular complexity index is 630. The third-order valence-electron chi connectivity index (χ3n) is 2.99. The summed E-state index contributed by atoms with van der Waals surface area (Å²) in [5.41, 5.74) is 5.91. The number of aryl methyl sites for hydroxylation is 1. The van der Waals surface area contributed by atoms with Gasteiger partial charge in [0, 0.05) is 18.2 Å². The van der Waals surface area contributed by atoms with Crippen LogP contribution in [0, 0.1) is 12.5 Å². The molecule has 2 heterocycles. The van der Waals surface area contributed by atoms with E-state index in [2.05, 4.69) is 15.0 Å². The molecule has 0 radical (unpaired) electrons. The largest absolute Gasteiger partial charge is 0.390 e. The second-order valence-electron chi connectivity index (χ2n) is 4.33. The predicted octanol–water partition coefficient (Wildman–Crippen LogP) is -0.956. The molecule has 102 valence electrons. The van der Waals surface area contributed by atoms with Crippen LogP contribution in [0.1, 0.15) is 18.2 Å². The molecule has 9 nitrogen and oxygen atoms in total. The van der Waals surface area contributed by atoms with Gasteiger partial charge in [-0.25, -0.2) is 4.79 Å². The lowest BCUT2D eigenvalue weighted by Crippen LogP contribution is -2.33. The zero-order valence-corrected chi connectivity index (χ0v) is 10.2. The van der Waals surface area contributed by atoms with Gasteiger partial charge in [0.1, 0.15) is 23.0 Å². The second kappa shape index (κ2) is 5.27. The van der Waals surface area contributed by atoms with Crippen LogP contribution >= 0.6 is 0 Å². The highest BCUT2D eigenvalue weighted by molar-refractivity contribution is 5.02. The van der Waals surface area contributed by atoms with Crippen molar-refractivity contribution in [1.82, 2.24) is 14.5 Å². The maximum atomic E-state index is 11.7. The van der Waals surface area contributed by atoms with Gasteiger partial charge in [-0.2, -0.15) is 0 Å². The molecule has 1 aromatic rings. The molecule has 1 fully saturated rings. The highest BCUT2D eigenvalue weighted by Gasteiger charge is 2.36. The first kappa shape index (κ1) is 13.3. The molecule has 0 saturated carbocycles. The van der Waals surface area contributed by atoms with Crippen molar-refractivity contribution in [2.24, 2.45) is 5.11 Å². The van der Waals surface area contributed by atoms with Crippen LogP contribution in [0.4, 0.5) is 0 Å². The molecule has 2 rings (SSSR count). The molecule has 0 spiro atoms. The van der Waals surface area contributed by atoms with E-state index in [-0.39, 0.29) is 13.0 Å². The molecule has 3 unspecified atom stereocenters. The predicted molar refractivity (Wildman–Crippen MR) is 62.7 cm³/mol. The van der Waals surface area contributed by atoms with Gasteiger partial charge in [0.25, 0.3) is 5.56 Å². The van der Waals surface area contributed by atoms with E-state index in [4.69, 9.17) is 10.3 Å². The number of H-pyrrole nitrogens is 1. The van der Waals surface area contributed by atoms with Crippen LogP contribution in [0.15, 0.2) is 20.9 Å². The Hall–Kier alpha value is -2.09. The Morgan fingerprint density at radius 2 is 2.42 bits per heavy atom. The van der Waals surface area contributed by atoms with Crippen molar-refractivity contribution in [2.45, 2.75) is 31.8 Å². The van der Waals surface area contributed by atoms with Crippen LogP contribution in [0.2, 0.25) is 0 Å². The van der Waals surface area contributed by atoms with E-state index in [0.717, 1.165) is 0 Å². The highest BCUT2D eigenvalue weighted by atomic mass is 16.5. The SMILES string of the molecule is Cc1cn(C2CC(O)C(CN=[N+]=N)O2)c(=O)[nH]c1=O. The zero-order valence-electron chi connectivity index (χ0n) is 10.2. The molecule has 1 aliphatic heterocycles. The first-order chi connectivity index (χ1) is 9.02. The number of nitrogens with zero attached hydrogens (tertiary/aromatic N) is 3. The van der Waals surface area contributed by atoms with Crippen molar-refractivity contribution < 1.29 is 9.84 Å². The first-order valence-electron chi connectivity index (χ1n) is 5.71. The van der Waals surface area contributed by atoms with Gasteiger partial charge >= 0.3 is 5.69 Å². The first-order valence-corrected chi connectivity index (χ1v) is 5.71. The molecule has 0 aliphatic carbocycles. The van der Waals surface area contributed by atoms with Crippen LogP contribution in [0.25, 0.3) is 0 Å². The molecule has 0 aromatic carbocycles. The summed E-state index contributed by atoms with van der Waals surface area (Å²) in [5, 5.41) is 13.2. The number of hydrogen-bond donors (Lipinski definition) is 3. The number of nitrogens with one attached hydrogen (secondary N) is 2. The molecule has 1 saturated heterocycles. The Balaban J connectivity index is 2.25. The number of aromatic amines is 1. The van der Waals surface area contributed by atoms with E-state index in [1.54, 1.807) is 6.92 Å². The Morgan fingerprint density at radius 1 is 1.68 bits per heavy atom. The quantitative estimate of drug-likeness (QED) is 0.480. The Morgan fingerprint density at radius 3 is 3.11 bits per heavy atom. The maximum absolute atomic E-state index is 11.7. The number of hydrogen-bond acceptors (Lipinski definition) is 6. The highest BCUT2D eigenvalue weighted by Crippen LogP contribution is 2.27. The summed E-state index contributed by atoms with van der Waals surface area (Å²) in [4.78, 5) is 28.0. The fourth-order valence-corrected chi connectivity index (χ4v) is 1.97. The molecule has 19 heavy (non-hydrogen) atoms. The monoisotopic (exact) mass is 268 g/mol. The normalized spacial score (nSPS) is 26.1. The number of aliphatic hydroxyl groups is 1. The molecule has 0 amide bonds. The standard InChI is InChI=1S/C10H13N5O4/c1-5-4-15(10(18)13-9(5)17)8-2-6(16)7(19-8)3-12-14-11/h4,6-8,11,16H,2-3H2,1H3/p+1. The molecule has 3 N–H and O–H groups in total. The summed E-state index contributed by atoms with van der Waals surface area (Å²) in [5.74, 6) is 0. The van der Waals surface area contributed by atoms with Crippen molar-refractivity contribution >= 4 is 0 Å². The van der Waals surface area contributed by atoms with Gasteiger partial charge in [-0.05, 0) is 6.92 Å². The topological polar surface area (TPSA) is 135 Å². The molecular weight excluding hydrogens is 254 g/mol. The van der Waals surface area contributed by atoms with E-state index in [0.29, 0.717) is 5.56 Å². The lowest BCUT2D eigenvalue weighted by atomic mass is 10.2. The molecular formula is C10H14N5O4+. The summed E-state index contributed by atoms with van der Waals surface area (Å²) in [7, 11) is 0. The van der Waals surface area contributed by atoms with Crippen molar-refractivity contribution in [3.8, 4) is 0 Å². The zero-order chi connectivity index (χ0) is 14.0. The number of ether oxygens (including phenoxy) is 1. The van der Waals surface area contributed by atoms with Crippen LogP contribution < -0.4 is 16.2 Å². The van der Waals surface area contributed by atoms with Crippen LogP contribution in [0.5, 0.6) is 0 Å². The third kappa shape index (κ3) is 2.68. The van der Waals surface area contributed by atoms with Gasteiger partial charge in [-0.3, -0.25) is 14.3 Å². The van der Waals surface area contributed by atoms with E-state index in [9.17, 15) is 14.7 Å². The van der Waals surface area contributed by atoms with Gasteiger partial charge in [0.05, 0.1) is 6.10 Å². The summed E-state index contributed by atoms with van der Waals surface area (Å²) >= 11 is 0. The summed E-state index contributed by atoms with van der Waals surface area (Å²) < 4.78 is 6.73. The van der Waals surface area contributed by atoms with Gasteiger partial charge in [0.15, 0.2) is 6.54 Å². The van der Waals surface area contributed by atoms with E-state index >= 15 is 0 Å². The van der Waals surface area contributed by atoms with Crippen LogP contribution in [-0.4, -0.2) is 33.4 Å². The van der Waals surface area contributed by atoms with Gasteiger partial charge in [-0.1, -0.05) is 0 Å². The van der Waals surface area contributed by atoms with E-state index < -0.39 is 29.7 Å². The van der Waals surface area contributed by atoms with Crippen molar-refractivity contribution in [3.05, 3.63) is 32.6 Å². The van der Waals surface area contributed by atoms with Crippen molar-refractivity contribution in [3.63, 3.8) is 0 Å². The second-order valence-corrected chi connectivity index (χ2v) is 4.33. The molecule has 1 aliphatic rings. The number of aromatic nitrogens is 2. The van der Waals surface area contributed by atoms with Crippen LogP contribution in [-0.2, 0) is 4.74 Å². The average Bonchev–Trinajstić information content (AvgIpc) is 2.72. The Kier molecular flexibility index (Phi) is 3.70. The summed E-state index contributed by atoms with van der Waals surface area (Å²) in [6.07, 6.45) is -0.465. The minimum atomic E-state index is -0.797. The van der Waals surface area contributed by atoms with Gasteiger partial charge < -0.3 is 9.84 Å². The smallest absolute Gasteiger partial charge is 0.330 e. The number of aliphatic hydroxyl groups excluding tert-OH is 1. The van der Waals surface area contributed by atoms with E-state index in [1.165, 1.54) is 10.8 Å². The van der Waals surface area contributed by atoms with Crippen LogP contribution in [0.3, 0.4) is 0 Å². The molecule has 3 atom stereocenters. The van der Waals surface area contributed by atoms with E-state index in [1.807, 2.05) is 0 Å². The fraction of sp³-hybridized carbons (Fsp3) is 0.600. The lowest BCUT2D eigenvalue weighted by Gasteiger charge is -2.13. The van der Waals surface area contributed by atoms with Gasteiger partial charge in [0.2, 0.25) is 4.91 Å². The number of rotatable bonds is 3. The molecule has 0 bridgehead atoms. The lowest BCUT2D eigenvalue weighted by molar-refractivity contribution is -0.0158. The molecule has 1 aromatic heterocycles. The Labute approximate surface area is 107 Å². The van der Waals surface area contributed by atoms with Crippen molar-refractivity contribution in [1.29, 1.82) is 5.53 Å². The third-order valence-corrected chi connectivity index (χ3v) is 2.99. The van der Waals surface area contributed by atoms with Gasteiger partial charge in [-0.15, -0.1) is 0 Å². The minimum absolute atomic E-state index is 0.0538. The maximum Gasteiger partial charge on any atom is 0.330 e. The van der Waals surface area contributed by atoms with Crippen molar-refractivity contribution in [2.75, 3.05) is 6.54 Å². The summed E-state index contributed by atoms with van der Waals surface area (Å²) in [6.45, 7) is 1.63. The summed E-state index contributed by atoms with van der Waals surface area (Å²) in [6, 6.07) is 0. The minimum Gasteiger partial charge on any atom is -0.390 e. The molecule has 9 heteroatoms. The average molecular weight is 268 g/mol.